The molecule has 1 aliphatic rings. The first-order chi connectivity index (χ1) is 13.1. The number of carbonyl (C=O) groups is 1. The number of methoxy groups -OCH3 is 1. The Morgan fingerprint density at radius 3 is 2.96 bits per heavy atom. The van der Waals surface area contributed by atoms with Crippen LogP contribution in [0.2, 0.25) is 0 Å². The third-order valence-electron chi connectivity index (χ3n) is 4.90. The lowest BCUT2D eigenvalue weighted by Gasteiger charge is -2.21. The number of rotatable bonds is 6. The Morgan fingerprint density at radius 1 is 1.41 bits per heavy atom. The van der Waals surface area contributed by atoms with Crippen molar-refractivity contribution in [1.82, 2.24) is 15.2 Å². The predicted octanol–water partition coefficient (Wildman–Crippen LogP) is 2.94. The molecule has 0 spiro atoms. The van der Waals surface area contributed by atoms with Gasteiger partial charge in [0.05, 0.1) is 28.3 Å². The number of nitrogens with one attached hydrogen (secondary N) is 1. The van der Waals surface area contributed by atoms with Crippen molar-refractivity contribution >= 4 is 33.5 Å². The minimum absolute atomic E-state index is 0.0818. The number of benzene rings is 1. The second kappa shape index (κ2) is 9.17. The van der Waals surface area contributed by atoms with Crippen LogP contribution < -0.4 is 5.32 Å². The number of likely N-dealkylation sites (tertiary alicyclic amines) is 1. The van der Waals surface area contributed by atoms with Crippen LogP contribution in [0.5, 0.6) is 0 Å². The highest BCUT2D eigenvalue weighted by Crippen LogP contribution is 2.24. The van der Waals surface area contributed by atoms with E-state index in [0.29, 0.717) is 6.54 Å². The number of thiazole rings is 1. The van der Waals surface area contributed by atoms with Crippen LogP contribution in [0.1, 0.15) is 25.3 Å². The minimum Gasteiger partial charge on any atom is -0.469 e. The van der Waals surface area contributed by atoms with Crippen molar-refractivity contribution in [2.45, 2.75) is 26.7 Å². The number of nitrogens with zero attached hydrogens (tertiary/aromatic N) is 3. The molecule has 7 heteroatoms. The number of ether oxygens (including phenoxy) is 1. The lowest BCUT2D eigenvalue weighted by molar-refractivity contribution is -0.145. The summed E-state index contributed by atoms with van der Waals surface area (Å²) in [6, 6.07) is 8.25. The number of carbonyl (C=O) groups excluding carboxylic acids is 1. The van der Waals surface area contributed by atoms with E-state index in [0.717, 1.165) is 49.0 Å². The summed E-state index contributed by atoms with van der Waals surface area (Å²) in [7, 11) is 1.46. The highest BCUT2D eigenvalue weighted by Gasteiger charge is 2.36. The Hall–Kier alpha value is -2.15. The fourth-order valence-corrected chi connectivity index (χ4v) is 4.47. The van der Waals surface area contributed by atoms with E-state index < -0.39 is 0 Å². The molecule has 1 N–H and O–H groups in total. The molecule has 0 bridgehead atoms. The second-order valence-corrected chi connectivity index (χ2v) is 8.04. The second-order valence-electron chi connectivity index (χ2n) is 6.93. The first-order valence-corrected chi connectivity index (χ1v) is 10.4. The molecule has 2 atom stereocenters. The summed E-state index contributed by atoms with van der Waals surface area (Å²) in [5, 5.41) is 4.52. The van der Waals surface area contributed by atoms with Gasteiger partial charge >= 0.3 is 5.97 Å². The van der Waals surface area contributed by atoms with Crippen LogP contribution in [0.15, 0.2) is 29.3 Å². The molecular formula is C20H28N4O2S. The van der Waals surface area contributed by atoms with Crippen LogP contribution in [0, 0.1) is 11.8 Å². The number of esters is 1. The summed E-state index contributed by atoms with van der Waals surface area (Å²) < 4.78 is 6.17. The van der Waals surface area contributed by atoms with Gasteiger partial charge in [-0.2, -0.15) is 0 Å². The first kappa shape index (κ1) is 19.6. The van der Waals surface area contributed by atoms with E-state index in [2.05, 4.69) is 47.2 Å². The van der Waals surface area contributed by atoms with Gasteiger partial charge in [0.1, 0.15) is 0 Å². The largest absolute Gasteiger partial charge is 0.469 e. The van der Waals surface area contributed by atoms with Crippen LogP contribution >= 0.6 is 11.3 Å². The fraction of sp³-hybridized carbons (Fsp3) is 0.550. The number of para-hydroxylation sites is 1. The van der Waals surface area contributed by atoms with E-state index in [1.165, 1.54) is 11.8 Å². The van der Waals surface area contributed by atoms with Gasteiger partial charge in [0.15, 0.2) is 5.96 Å². The van der Waals surface area contributed by atoms with Gasteiger partial charge in [0.2, 0.25) is 0 Å². The number of hydrogen-bond donors (Lipinski definition) is 1. The smallest absolute Gasteiger partial charge is 0.310 e. The van der Waals surface area contributed by atoms with Gasteiger partial charge in [-0.15, -0.1) is 11.3 Å². The van der Waals surface area contributed by atoms with Crippen molar-refractivity contribution in [3.8, 4) is 0 Å². The molecule has 0 saturated carbocycles. The Bertz CT molecular complexity index is 771. The summed E-state index contributed by atoms with van der Waals surface area (Å²) in [5.74, 6) is 0.947. The van der Waals surface area contributed by atoms with Crippen molar-refractivity contribution in [3.63, 3.8) is 0 Å². The maximum atomic E-state index is 11.9. The lowest BCUT2D eigenvalue weighted by Crippen LogP contribution is -2.40. The van der Waals surface area contributed by atoms with Crippen LogP contribution in [0.4, 0.5) is 0 Å². The van der Waals surface area contributed by atoms with Crippen LogP contribution in [-0.2, 0) is 16.0 Å². The molecule has 1 fully saturated rings. The van der Waals surface area contributed by atoms with Gasteiger partial charge in [-0.1, -0.05) is 19.1 Å². The summed E-state index contributed by atoms with van der Waals surface area (Å²) in [5.41, 5.74) is 1.08. The molecule has 3 rings (SSSR count). The number of fused-ring (bicyclic) bond motifs is 1. The van der Waals surface area contributed by atoms with Crippen molar-refractivity contribution in [2.75, 3.05) is 33.3 Å². The highest BCUT2D eigenvalue weighted by molar-refractivity contribution is 7.18. The molecule has 1 aromatic heterocycles. The Morgan fingerprint density at radius 2 is 2.22 bits per heavy atom. The quantitative estimate of drug-likeness (QED) is 0.357. The number of aromatic nitrogens is 1. The maximum Gasteiger partial charge on any atom is 0.310 e. The summed E-state index contributed by atoms with van der Waals surface area (Å²) in [6.07, 6.45) is 1.89. The molecule has 2 heterocycles. The molecular weight excluding hydrogens is 360 g/mol. The molecule has 146 valence electrons. The van der Waals surface area contributed by atoms with Gasteiger partial charge in [-0.05, 0) is 31.4 Å². The van der Waals surface area contributed by atoms with E-state index in [1.54, 1.807) is 11.3 Å². The molecule has 1 aromatic carbocycles. The standard InChI is InChI=1S/C20H28N4O2S/c1-4-21-20(24-12-14(2)15(13-24)19(25)26-3)22-11-7-10-18-23-16-8-5-6-9-17(16)27-18/h5-6,8-9,14-15H,4,7,10-13H2,1-3H3,(H,21,22). The fourth-order valence-electron chi connectivity index (χ4n) is 3.47. The van der Waals surface area contributed by atoms with Crippen molar-refractivity contribution in [2.24, 2.45) is 16.8 Å². The number of aryl methyl sites for hydroxylation is 1. The summed E-state index contributed by atoms with van der Waals surface area (Å²) >= 11 is 1.76. The molecule has 1 saturated heterocycles. The Balaban J connectivity index is 1.56. The van der Waals surface area contributed by atoms with Gasteiger partial charge in [-0.3, -0.25) is 9.79 Å². The van der Waals surface area contributed by atoms with Crippen LogP contribution in [0.25, 0.3) is 10.2 Å². The number of aliphatic imine (C=N–C) groups is 1. The number of hydrogen-bond acceptors (Lipinski definition) is 5. The van der Waals surface area contributed by atoms with E-state index in [4.69, 9.17) is 9.73 Å². The molecule has 27 heavy (non-hydrogen) atoms. The topological polar surface area (TPSA) is 66.8 Å². The SMILES string of the molecule is CCNC(=NCCCc1nc2ccccc2s1)N1CC(C)C(C(=O)OC)C1. The van der Waals surface area contributed by atoms with Crippen molar-refractivity contribution in [1.29, 1.82) is 0 Å². The zero-order valence-electron chi connectivity index (χ0n) is 16.3. The Labute approximate surface area is 164 Å². The van der Waals surface area contributed by atoms with Crippen LogP contribution in [0.3, 0.4) is 0 Å². The Kier molecular flexibility index (Phi) is 6.66. The average Bonchev–Trinajstić information content (AvgIpc) is 3.26. The molecule has 0 aliphatic carbocycles. The zero-order valence-corrected chi connectivity index (χ0v) is 17.1. The zero-order chi connectivity index (χ0) is 19.2. The molecule has 0 radical (unpaired) electrons. The normalized spacial score (nSPS) is 20.3. The van der Waals surface area contributed by atoms with Crippen LogP contribution in [-0.4, -0.2) is 55.1 Å². The van der Waals surface area contributed by atoms with E-state index in [9.17, 15) is 4.79 Å². The molecule has 2 aromatic rings. The van der Waals surface area contributed by atoms with Crippen molar-refractivity contribution in [3.05, 3.63) is 29.3 Å². The molecule has 1 aliphatic heterocycles. The third kappa shape index (κ3) is 4.77. The van der Waals surface area contributed by atoms with Crippen molar-refractivity contribution < 1.29 is 9.53 Å². The highest BCUT2D eigenvalue weighted by atomic mass is 32.1. The predicted molar refractivity (Wildman–Crippen MR) is 110 cm³/mol. The van der Waals surface area contributed by atoms with Gasteiger partial charge < -0.3 is 15.0 Å². The molecule has 0 amide bonds. The van der Waals surface area contributed by atoms with E-state index >= 15 is 0 Å². The van der Waals surface area contributed by atoms with Gasteiger partial charge in [0.25, 0.3) is 0 Å². The monoisotopic (exact) mass is 388 g/mol. The maximum absolute atomic E-state index is 11.9. The van der Waals surface area contributed by atoms with Gasteiger partial charge in [-0.25, -0.2) is 4.98 Å². The van der Waals surface area contributed by atoms with E-state index in [1.807, 2.05) is 6.07 Å². The number of guanidine groups is 1. The van der Waals surface area contributed by atoms with E-state index in [-0.39, 0.29) is 17.8 Å². The minimum atomic E-state index is -0.128. The molecule has 6 nitrogen and oxygen atoms in total. The van der Waals surface area contributed by atoms with Gasteiger partial charge in [0, 0.05) is 32.6 Å². The average molecular weight is 389 g/mol. The first-order valence-electron chi connectivity index (χ1n) is 9.58. The third-order valence-corrected chi connectivity index (χ3v) is 6.00. The lowest BCUT2D eigenvalue weighted by atomic mass is 9.99. The molecule has 2 unspecified atom stereocenters. The summed E-state index contributed by atoms with van der Waals surface area (Å²) in [4.78, 5) is 23.6. The summed E-state index contributed by atoms with van der Waals surface area (Å²) in [6.45, 7) is 7.20.